The molecule has 12 N–H and O–H groups in total. The summed E-state index contributed by atoms with van der Waals surface area (Å²) in [6, 6.07) is 0. The molecule has 0 amide bonds. The normalized spacial score (nSPS) is 22.5. The number of rotatable bonds is 3. The molecule has 0 aliphatic carbocycles. The zero-order chi connectivity index (χ0) is 15.6. The van der Waals surface area contributed by atoms with Gasteiger partial charge in [-0.25, -0.2) is 0 Å². The van der Waals surface area contributed by atoms with Gasteiger partial charge in [0.15, 0.2) is 0 Å². The Kier molecular flexibility index (Phi) is 20.5. The zero-order valence-electron chi connectivity index (χ0n) is 12.8. The van der Waals surface area contributed by atoms with E-state index in [1.54, 1.807) is 0 Å². The molecule has 0 radical (unpaired) electrons. The predicted octanol–water partition coefficient (Wildman–Crippen LogP) is -3.67. The number of hydrogen-bond acceptors (Lipinski definition) is 8. The molecule has 3 aliphatic rings. The molecule has 0 unspecified atom stereocenters. The summed E-state index contributed by atoms with van der Waals surface area (Å²) in [5, 5.41) is 0. The largest absolute Gasteiger partial charge is 0.329 e. The van der Waals surface area contributed by atoms with Gasteiger partial charge in [0.1, 0.15) is 0 Å². The first-order chi connectivity index (χ1) is 9.69. The van der Waals surface area contributed by atoms with E-state index in [4.69, 9.17) is 34.4 Å². The van der Waals surface area contributed by atoms with Crippen molar-refractivity contribution < 1.29 is 0 Å². The first-order valence-corrected chi connectivity index (χ1v) is 7.35. The van der Waals surface area contributed by atoms with Crippen LogP contribution in [-0.4, -0.2) is 88.3 Å². The van der Waals surface area contributed by atoms with Crippen molar-refractivity contribution in [3.63, 3.8) is 0 Å². The SMILES string of the molecule is C1CN2CCN1CC2.NCCN.NCCN.NCCN. The number of nitrogens with zero attached hydrogens (tertiary/aromatic N) is 2. The fourth-order valence-electron chi connectivity index (χ4n) is 1.52. The average molecular weight is 292 g/mol. The van der Waals surface area contributed by atoms with Crippen LogP contribution < -0.4 is 34.4 Å². The molecule has 3 rings (SSSR count). The van der Waals surface area contributed by atoms with E-state index in [1.807, 2.05) is 0 Å². The lowest BCUT2D eigenvalue weighted by Gasteiger charge is -2.41. The minimum Gasteiger partial charge on any atom is -0.329 e. The molecule has 124 valence electrons. The highest BCUT2D eigenvalue weighted by atomic mass is 15.3. The lowest BCUT2D eigenvalue weighted by atomic mass is 10.2. The van der Waals surface area contributed by atoms with Crippen LogP contribution in [0.5, 0.6) is 0 Å². The lowest BCUT2D eigenvalue weighted by molar-refractivity contribution is 0.0647. The van der Waals surface area contributed by atoms with Gasteiger partial charge in [-0.2, -0.15) is 0 Å². The molecule has 3 heterocycles. The van der Waals surface area contributed by atoms with Gasteiger partial charge in [-0.05, 0) is 0 Å². The van der Waals surface area contributed by atoms with E-state index in [-0.39, 0.29) is 0 Å². The van der Waals surface area contributed by atoms with Gasteiger partial charge in [-0.15, -0.1) is 0 Å². The quantitative estimate of drug-likeness (QED) is 0.310. The Labute approximate surface area is 123 Å². The summed E-state index contributed by atoms with van der Waals surface area (Å²) >= 11 is 0. The van der Waals surface area contributed by atoms with E-state index < -0.39 is 0 Å². The van der Waals surface area contributed by atoms with Crippen LogP contribution in [0.15, 0.2) is 0 Å². The lowest BCUT2D eigenvalue weighted by Crippen LogP contribution is -2.55. The van der Waals surface area contributed by atoms with Gasteiger partial charge in [0, 0.05) is 78.5 Å². The molecule has 20 heavy (non-hydrogen) atoms. The topological polar surface area (TPSA) is 163 Å². The molecule has 0 aromatic heterocycles. The Morgan fingerprint density at radius 2 is 0.550 bits per heavy atom. The third kappa shape index (κ3) is 15.7. The van der Waals surface area contributed by atoms with Crippen LogP contribution in [0.4, 0.5) is 0 Å². The van der Waals surface area contributed by atoms with E-state index in [9.17, 15) is 0 Å². The molecule has 2 bridgehead atoms. The van der Waals surface area contributed by atoms with Crippen molar-refractivity contribution in [3.05, 3.63) is 0 Å². The Morgan fingerprint density at radius 1 is 0.400 bits per heavy atom. The van der Waals surface area contributed by atoms with E-state index in [1.165, 1.54) is 39.3 Å². The zero-order valence-corrected chi connectivity index (χ0v) is 12.8. The highest BCUT2D eigenvalue weighted by Gasteiger charge is 2.21. The molecule has 0 saturated carbocycles. The molecule has 0 aromatic carbocycles. The summed E-state index contributed by atoms with van der Waals surface area (Å²) in [5.74, 6) is 0. The summed E-state index contributed by atoms with van der Waals surface area (Å²) in [6.07, 6.45) is 0. The van der Waals surface area contributed by atoms with Crippen molar-refractivity contribution in [2.75, 3.05) is 78.5 Å². The number of nitrogens with two attached hydrogens (primary N) is 6. The Morgan fingerprint density at radius 3 is 0.600 bits per heavy atom. The van der Waals surface area contributed by atoms with E-state index in [0.717, 1.165) is 0 Å². The monoisotopic (exact) mass is 292 g/mol. The molecule has 3 fully saturated rings. The fraction of sp³-hybridized carbons (Fsp3) is 1.00. The smallest absolute Gasteiger partial charge is 0.0110 e. The maximum atomic E-state index is 4.90. The first-order valence-electron chi connectivity index (χ1n) is 7.35. The molecule has 8 heteroatoms. The molecular weight excluding hydrogens is 256 g/mol. The Bertz CT molecular complexity index is 123. The summed E-state index contributed by atoms with van der Waals surface area (Å²) in [5.41, 5.74) is 29.4. The number of hydrogen-bond donors (Lipinski definition) is 6. The minimum atomic E-state index is 0.597. The second-order valence-corrected chi connectivity index (χ2v) is 4.42. The maximum absolute atomic E-state index is 4.90. The van der Waals surface area contributed by atoms with Crippen LogP contribution in [0.3, 0.4) is 0 Å². The second kappa shape index (κ2) is 18.7. The van der Waals surface area contributed by atoms with Crippen LogP contribution in [0.1, 0.15) is 0 Å². The number of piperazine rings is 3. The van der Waals surface area contributed by atoms with Crippen molar-refractivity contribution in [1.29, 1.82) is 0 Å². The van der Waals surface area contributed by atoms with Gasteiger partial charge < -0.3 is 34.4 Å². The third-order valence-electron chi connectivity index (χ3n) is 2.70. The molecular formula is C12H36N8. The van der Waals surface area contributed by atoms with Crippen LogP contribution in [-0.2, 0) is 0 Å². The summed E-state index contributed by atoms with van der Waals surface area (Å²) in [6.45, 7) is 11.5. The minimum absolute atomic E-state index is 0.597. The highest BCUT2D eigenvalue weighted by Crippen LogP contribution is 2.06. The molecule has 0 aromatic rings. The van der Waals surface area contributed by atoms with Crippen molar-refractivity contribution in [3.8, 4) is 0 Å². The molecule has 3 saturated heterocycles. The van der Waals surface area contributed by atoms with Gasteiger partial charge >= 0.3 is 0 Å². The molecule has 8 nitrogen and oxygen atoms in total. The predicted molar refractivity (Wildman–Crippen MR) is 87.2 cm³/mol. The van der Waals surface area contributed by atoms with Crippen molar-refractivity contribution in [2.45, 2.75) is 0 Å². The van der Waals surface area contributed by atoms with Gasteiger partial charge in [0.05, 0.1) is 0 Å². The van der Waals surface area contributed by atoms with Gasteiger partial charge in [-0.1, -0.05) is 0 Å². The van der Waals surface area contributed by atoms with E-state index in [2.05, 4.69) is 9.80 Å². The van der Waals surface area contributed by atoms with E-state index >= 15 is 0 Å². The van der Waals surface area contributed by atoms with Gasteiger partial charge in [-0.3, -0.25) is 9.80 Å². The molecule has 3 aliphatic heterocycles. The Hall–Kier alpha value is -0.320. The summed E-state index contributed by atoms with van der Waals surface area (Å²) in [4.78, 5) is 5.08. The van der Waals surface area contributed by atoms with E-state index in [0.29, 0.717) is 39.3 Å². The van der Waals surface area contributed by atoms with Crippen LogP contribution >= 0.6 is 0 Å². The second-order valence-electron chi connectivity index (χ2n) is 4.42. The van der Waals surface area contributed by atoms with Crippen molar-refractivity contribution in [1.82, 2.24) is 9.80 Å². The first kappa shape index (κ1) is 22.0. The highest BCUT2D eigenvalue weighted by molar-refractivity contribution is 4.78. The van der Waals surface area contributed by atoms with Crippen LogP contribution in [0.2, 0.25) is 0 Å². The Balaban J connectivity index is 0. The maximum Gasteiger partial charge on any atom is 0.0110 e. The molecule has 0 spiro atoms. The van der Waals surface area contributed by atoms with Crippen LogP contribution in [0.25, 0.3) is 0 Å². The third-order valence-corrected chi connectivity index (χ3v) is 2.70. The average Bonchev–Trinajstić information content (AvgIpc) is 2.57. The standard InChI is InChI=1S/C6H12N2.3C2H8N2/c1-2-8-5-3-7(1)4-6-8;3*3-1-2-4/h1-6H2;3*1-4H2. The number of fused-ring (bicyclic) bond motifs is 3. The van der Waals surface area contributed by atoms with Gasteiger partial charge in [0.2, 0.25) is 0 Å². The summed E-state index contributed by atoms with van der Waals surface area (Å²) in [7, 11) is 0. The van der Waals surface area contributed by atoms with Crippen molar-refractivity contribution >= 4 is 0 Å². The van der Waals surface area contributed by atoms with Crippen LogP contribution in [0, 0.1) is 0 Å². The summed E-state index contributed by atoms with van der Waals surface area (Å²) < 4.78 is 0. The van der Waals surface area contributed by atoms with Crippen molar-refractivity contribution in [2.24, 2.45) is 34.4 Å². The van der Waals surface area contributed by atoms with Gasteiger partial charge in [0.25, 0.3) is 0 Å². The fourth-order valence-corrected chi connectivity index (χ4v) is 1.52. The molecule has 0 atom stereocenters.